The summed E-state index contributed by atoms with van der Waals surface area (Å²) >= 11 is 13.3. The number of benzene rings is 1. The third-order valence-corrected chi connectivity index (χ3v) is 6.11. The summed E-state index contributed by atoms with van der Waals surface area (Å²) in [7, 11) is 0. The van der Waals surface area contributed by atoms with Crippen LogP contribution in [-0.2, 0) is 17.8 Å². The molecule has 31 heavy (non-hydrogen) atoms. The fourth-order valence-electron chi connectivity index (χ4n) is 3.00. The quantitative estimate of drug-likeness (QED) is 0.425. The number of nitrogens with zero attached hydrogens (tertiary/aromatic N) is 2. The summed E-state index contributed by atoms with van der Waals surface area (Å²) in [6, 6.07) is 6.87. The van der Waals surface area contributed by atoms with E-state index in [0.29, 0.717) is 38.7 Å². The van der Waals surface area contributed by atoms with Crippen LogP contribution in [0.3, 0.4) is 0 Å². The lowest BCUT2D eigenvalue weighted by molar-refractivity contribution is -0.136. The number of aliphatic hydroxyl groups is 1. The molecule has 0 aliphatic heterocycles. The number of hydrogen-bond acceptors (Lipinski definition) is 5. The number of carboxylic acids is 1. The molecule has 10 heteroatoms. The number of thiazole rings is 1. The van der Waals surface area contributed by atoms with Gasteiger partial charge in [-0.3, -0.25) is 14.9 Å². The molecule has 3 rings (SSSR count). The van der Waals surface area contributed by atoms with Crippen molar-refractivity contribution in [1.29, 1.82) is 0 Å². The summed E-state index contributed by atoms with van der Waals surface area (Å²) < 4.78 is 1.72. The minimum atomic E-state index is -0.994. The zero-order valence-corrected chi connectivity index (χ0v) is 19.1. The van der Waals surface area contributed by atoms with Gasteiger partial charge < -0.3 is 14.8 Å². The lowest BCUT2D eigenvalue weighted by Crippen LogP contribution is -2.17. The first-order valence-electron chi connectivity index (χ1n) is 9.43. The van der Waals surface area contributed by atoms with Crippen LogP contribution >= 0.6 is 34.5 Å². The van der Waals surface area contributed by atoms with E-state index < -0.39 is 18.0 Å². The number of rotatable bonds is 8. The Morgan fingerprint density at radius 3 is 2.61 bits per heavy atom. The van der Waals surface area contributed by atoms with Gasteiger partial charge in [0.1, 0.15) is 5.69 Å². The first kappa shape index (κ1) is 23.3. The third kappa shape index (κ3) is 5.86. The molecule has 7 nitrogen and oxygen atoms in total. The second-order valence-electron chi connectivity index (χ2n) is 7.39. The fourth-order valence-corrected chi connectivity index (χ4v) is 4.02. The molecular formula is C21H21Cl2N3O4S. The molecule has 2 aromatic heterocycles. The molecule has 1 amide bonds. The van der Waals surface area contributed by atoms with Crippen LogP contribution < -0.4 is 5.32 Å². The van der Waals surface area contributed by atoms with E-state index in [2.05, 4.69) is 10.3 Å². The van der Waals surface area contributed by atoms with E-state index in [4.69, 9.17) is 28.3 Å². The molecule has 0 bridgehead atoms. The maximum Gasteiger partial charge on any atom is 0.309 e. The van der Waals surface area contributed by atoms with Gasteiger partial charge in [-0.05, 0) is 35.2 Å². The molecule has 0 saturated carbocycles. The number of aliphatic hydroxyl groups excluding tert-OH is 1. The number of carbonyl (C=O) groups is 2. The largest absolute Gasteiger partial charge is 0.481 e. The van der Waals surface area contributed by atoms with Crippen molar-refractivity contribution in [3.05, 3.63) is 68.4 Å². The number of carboxylic acid groups (broad SMARTS) is 1. The van der Waals surface area contributed by atoms with Crippen molar-refractivity contribution in [2.75, 3.05) is 5.32 Å². The molecule has 2 heterocycles. The highest BCUT2D eigenvalue weighted by atomic mass is 35.5. The van der Waals surface area contributed by atoms with Crippen molar-refractivity contribution in [2.45, 2.75) is 32.9 Å². The van der Waals surface area contributed by atoms with Crippen LogP contribution in [0.2, 0.25) is 10.0 Å². The molecule has 1 atom stereocenters. The second kappa shape index (κ2) is 9.82. The molecule has 3 aromatic rings. The zero-order chi connectivity index (χ0) is 22.7. The molecule has 0 aliphatic rings. The highest BCUT2D eigenvalue weighted by molar-refractivity contribution is 7.14. The maximum atomic E-state index is 13.0. The molecule has 0 saturated heterocycles. The number of carbonyl (C=O) groups excluding carboxylic acids is 1. The maximum absolute atomic E-state index is 13.0. The van der Waals surface area contributed by atoms with Crippen LogP contribution in [-0.4, -0.2) is 31.6 Å². The number of amides is 1. The van der Waals surface area contributed by atoms with Gasteiger partial charge in [0.2, 0.25) is 0 Å². The van der Waals surface area contributed by atoms with E-state index in [-0.39, 0.29) is 12.3 Å². The number of hydrogen-bond donors (Lipinski definition) is 3. The minimum Gasteiger partial charge on any atom is -0.481 e. The summed E-state index contributed by atoms with van der Waals surface area (Å²) in [5.41, 5.74) is 2.15. The van der Waals surface area contributed by atoms with Gasteiger partial charge >= 0.3 is 5.97 Å². The van der Waals surface area contributed by atoms with Crippen LogP contribution in [0.25, 0.3) is 0 Å². The standard InChI is InChI=1S/C21H21Cl2N3O4S/c1-11(2)19(29)13-6-17(20(30)25-21-24-14(10-31-21)7-18(27)28)26(9-13)8-12-3-4-15(22)16(23)5-12/h3-6,9-11,19,29H,7-8H2,1-2H3,(H,27,28)(H,24,25,30). The van der Waals surface area contributed by atoms with E-state index in [9.17, 15) is 14.7 Å². The van der Waals surface area contributed by atoms with Gasteiger partial charge in [0.05, 0.1) is 28.3 Å². The Balaban J connectivity index is 1.89. The van der Waals surface area contributed by atoms with Gasteiger partial charge in [0.15, 0.2) is 5.13 Å². The molecule has 0 fully saturated rings. The predicted molar refractivity (Wildman–Crippen MR) is 121 cm³/mol. The van der Waals surface area contributed by atoms with Gasteiger partial charge in [-0.1, -0.05) is 43.1 Å². The van der Waals surface area contributed by atoms with Gasteiger partial charge in [0.25, 0.3) is 5.91 Å². The van der Waals surface area contributed by atoms with Crippen molar-refractivity contribution in [1.82, 2.24) is 9.55 Å². The average molecular weight is 482 g/mol. The summed E-state index contributed by atoms with van der Waals surface area (Å²) in [6.07, 6.45) is 0.786. The smallest absolute Gasteiger partial charge is 0.309 e. The predicted octanol–water partition coefficient (Wildman–Crippen LogP) is 4.87. The number of aliphatic carboxylic acids is 1. The Morgan fingerprint density at radius 2 is 1.97 bits per heavy atom. The Kier molecular flexibility index (Phi) is 7.38. The Morgan fingerprint density at radius 1 is 1.23 bits per heavy atom. The van der Waals surface area contributed by atoms with E-state index in [1.807, 2.05) is 19.9 Å². The van der Waals surface area contributed by atoms with Crippen molar-refractivity contribution >= 4 is 51.5 Å². The number of halogens is 2. The van der Waals surface area contributed by atoms with Crippen molar-refractivity contribution in [3.8, 4) is 0 Å². The van der Waals surface area contributed by atoms with Crippen molar-refractivity contribution in [2.24, 2.45) is 5.92 Å². The highest BCUT2D eigenvalue weighted by Crippen LogP contribution is 2.27. The summed E-state index contributed by atoms with van der Waals surface area (Å²) in [4.78, 5) is 27.9. The van der Waals surface area contributed by atoms with Crippen LogP contribution in [0.4, 0.5) is 5.13 Å². The minimum absolute atomic E-state index is 0.0331. The molecule has 0 aliphatic carbocycles. The van der Waals surface area contributed by atoms with E-state index in [1.54, 1.807) is 34.3 Å². The van der Waals surface area contributed by atoms with Crippen LogP contribution in [0.5, 0.6) is 0 Å². The molecule has 0 spiro atoms. The van der Waals surface area contributed by atoms with E-state index in [1.165, 1.54) is 0 Å². The molecule has 1 aromatic carbocycles. The molecule has 0 radical (unpaired) electrons. The Bertz CT molecular complexity index is 1110. The normalized spacial score (nSPS) is 12.2. The summed E-state index contributed by atoms with van der Waals surface area (Å²) in [6.45, 7) is 4.12. The van der Waals surface area contributed by atoms with Gasteiger partial charge in [-0.15, -0.1) is 11.3 Å². The lowest BCUT2D eigenvalue weighted by atomic mass is 10.0. The number of aromatic nitrogens is 2. The summed E-state index contributed by atoms with van der Waals surface area (Å²) in [5, 5.41) is 24.8. The average Bonchev–Trinajstić information content (AvgIpc) is 3.30. The Hall–Kier alpha value is -2.39. The number of anilines is 1. The highest BCUT2D eigenvalue weighted by Gasteiger charge is 2.21. The van der Waals surface area contributed by atoms with Crippen LogP contribution in [0, 0.1) is 5.92 Å². The van der Waals surface area contributed by atoms with Crippen LogP contribution in [0.15, 0.2) is 35.8 Å². The topological polar surface area (TPSA) is 104 Å². The Labute approximate surface area is 193 Å². The second-order valence-corrected chi connectivity index (χ2v) is 9.07. The van der Waals surface area contributed by atoms with E-state index >= 15 is 0 Å². The molecular weight excluding hydrogens is 461 g/mol. The van der Waals surface area contributed by atoms with Crippen LogP contribution in [0.1, 0.15) is 47.3 Å². The van der Waals surface area contributed by atoms with Crippen molar-refractivity contribution < 1.29 is 19.8 Å². The lowest BCUT2D eigenvalue weighted by Gasteiger charge is -2.12. The first-order valence-corrected chi connectivity index (χ1v) is 11.1. The van der Waals surface area contributed by atoms with Gasteiger partial charge in [-0.25, -0.2) is 4.98 Å². The third-order valence-electron chi connectivity index (χ3n) is 4.56. The fraction of sp³-hybridized carbons (Fsp3) is 0.286. The SMILES string of the molecule is CC(C)C(O)c1cc(C(=O)Nc2nc(CC(=O)O)cs2)n(Cc2ccc(Cl)c(Cl)c2)c1. The zero-order valence-electron chi connectivity index (χ0n) is 16.8. The van der Waals surface area contributed by atoms with E-state index in [0.717, 1.165) is 16.9 Å². The van der Waals surface area contributed by atoms with Crippen molar-refractivity contribution in [3.63, 3.8) is 0 Å². The van der Waals surface area contributed by atoms with Gasteiger partial charge in [0, 0.05) is 18.1 Å². The molecule has 1 unspecified atom stereocenters. The molecule has 164 valence electrons. The first-order chi connectivity index (χ1) is 14.6. The van der Waals surface area contributed by atoms with Gasteiger partial charge in [-0.2, -0.15) is 0 Å². The summed E-state index contributed by atoms with van der Waals surface area (Å²) in [5.74, 6) is -1.45. The number of nitrogens with one attached hydrogen (secondary N) is 1. The molecule has 3 N–H and O–H groups in total. The monoisotopic (exact) mass is 481 g/mol.